The van der Waals surface area contributed by atoms with Crippen molar-refractivity contribution in [3.8, 4) is 0 Å². The SMILES string of the molecule is COC1CC(C[C@@H](C)[C@@H]2CC[C@H](N)/C=C(\C)C(O)[C@@H](OC)C(=O)C(C)C[C@H](C)/C=C/C=C/C=C(\C)[C@@H](Nc3cnon3)CC3CCC(C)C(O)(O3)C(=O)C(=O)N3CCCCC3C(=O)O2)CC[C@H]1O. The number of anilines is 1. The molecular formula is C51H79N5O12. The Morgan fingerprint density at radius 2 is 1.69 bits per heavy atom. The number of carbonyl (C=O) groups excluding carboxylic acids is 4. The van der Waals surface area contributed by atoms with Crippen LogP contribution in [0.5, 0.6) is 0 Å². The van der Waals surface area contributed by atoms with Crippen LogP contribution in [-0.2, 0) is 38.1 Å². The molecule has 2 bridgehead atoms. The first kappa shape index (κ1) is 54.8. The van der Waals surface area contributed by atoms with Crippen LogP contribution < -0.4 is 11.1 Å². The van der Waals surface area contributed by atoms with Gasteiger partial charge in [-0.1, -0.05) is 74.9 Å². The molecule has 15 atom stereocenters. The van der Waals surface area contributed by atoms with E-state index in [2.05, 4.69) is 15.6 Å². The van der Waals surface area contributed by atoms with E-state index < -0.39 is 83.9 Å². The van der Waals surface area contributed by atoms with Gasteiger partial charge in [0.25, 0.3) is 11.7 Å². The molecule has 380 valence electrons. The van der Waals surface area contributed by atoms with Crippen molar-refractivity contribution >= 4 is 29.3 Å². The number of hydrogen-bond donors (Lipinski definition) is 5. The van der Waals surface area contributed by atoms with Crippen molar-refractivity contribution in [1.82, 2.24) is 15.2 Å². The van der Waals surface area contributed by atoms with Gasteiger partial charge in [0.15, 0.2) is 11.6 Å². The standard InChI is InChI=1S/C51H79N5O12/c1-30-14-10-9-11-15-31(2)39(54-44-29-53-68-55-44)28-38-20-17-35(6)51(63,67-38)48(60)49(61)56-23-13-12-16-40(56)50(62)66-42(32(3)25-36-18-21-41(57)43(27-36)64-7)22-19-37(52)26-34(5)46(59)47(65-8)45(58)33(4)24-30/h9-11,14-15,26,29-30,32-33,35-43,46-47,57,59,63H,12-13,16-25,27-28,52H2,1-8H3,(H,54,55)/b11-9+,14-10+,31-15+,34-26+/t30-,32-,33?,35?,36?,37+,38?,39+,40?,41-,42+,43?,46?,47+,51?/m1/s1. The molecule has 1 saturated carbocycles. The number of methoxy groups -OCH3 is 2. The molecule has 68 heavy (non-hydrogen) atoms. The third kappa shape index (κ3) is 14.5. The van der Waals surface area contributed by atoms with Gasteiger partial charge in [-0.3, -0.25) is 14.4 Å². The summed E-state index contributed by atoms with van der Waals surface area (Å²) >= 11 is 0. The van der Waals surface area contributed by atoms with Gasteiger partial charge in [-0.05, 0) is 126 Å². The molecule has 8 unspecified atom stereocenters. The lowest BCUT2D eigenvalue weighted by molar-refractivity contribution is -0.263. The number of ketones is 2. The van der Waals surface area contributed by atoms with E-state index in [1.807, 2.05) is 58.1 Å². The molecule has 4 heterocycles. The van der Waals surface area contributed by atoms with Gasteiger partial charge in [0.2, 0.25) is 5.79 Å². The van der Waals surface area contributed by atoms with Crippen molar-refractivity contribution < 1.29 is 58.1 Å². The van der Waals surface area contributed by atoms with Gasteiger partial charge in [-0.15, -0.1) is 0 Å². The van der Waals surface area contributed by atoms with E-state index in [-0.39, 0.29) is 42.6 Å². The molecule has 3 fully saturated rings. The van der Waals surface area contributed by atoms with E-state index in [1.165, 1.54) is 18.2 Å². The van der Waals surface area contributed by atoms with Crippen LogP contribution in [0.3, 0.4) is 0 Å². The summed E-state index contributed by atoms with van der Waals surface area (Å²) in [5.74, 6) is -6.17. The van der Waals surface area contributed by atoms with Gasteiger partial charge in [0.1, 0.15) is 30.6 Å². The highest BCUT2D eigenvalue weighted by atomic mass is 16.6. The van der Waals surface area contributed by atoms with Crippen molar-refractivity contribution in [1.29, 1.82) is 0 Å². The molecule has 0 radical (unpaired) electrons. The third-order valence-electron chi connectivity index (χ3n) is 14.8. The molecule has 2 saturated heterocycles. The van der Waals surface area contributed by atoms with Crippen molar-refractivity contribution in [2.24, 2.45) is 35.3 Å². The Morgan fingerprint density at radius 1 is 0.926 bits per heavy atom. The maximum absolute atomic E-state index is 14.4. The van der Waals surface area contributed by atoms with Crippen LogP contribution >= 0.6 is 0 Å². The van der Waals surface area contributed by atoms with Crippen LogP contribution in [-0.4, -0.2) is 135 Å². The lowest BCUT2D eigenvalue weighted by Gasteiger charge is -2.43. The van der Waals surface area contributed by atoms with Crippen molar-refractivity contribution in [2.75, 3.05) is 26.1 Å². The number of esters is 1. The average molecular weight is 954 g/mol. The van der Waals surface area contributed by atoms with Crippen LogP contribution in [0.2, 0.25) is 0 Å². The Labute approximate surface area is 402 Å². The van der Waals surface area contributed by atoms with Gasteiger partial charge < -0.3 is 50.2 Å². The summed E-state index contributed by atoms with van der Waals surface area (Å²) in [5, 5.41) is 45.0. The number of hydrogen-bond acceptors (Lipinski definition) is 16. The predicted molar refractivity (Wildman–Crippen MR) is 254 cm³/mol. The van der Waals surface area contributed by atoms with Gasteiger partial charge >= 0.3 is 5.97 Å². The van der Waals surface area contributed by atoms with Crippen molar-refractivity contribution in [2.45, 2.75) is 186 Å². The Bertz CT molecular complexity index is 1940. The monoisotopic (exact) mass is 954 g/mol. The van der Waals surface area contributed by atoms with E-state index >= 15 is 0 Å². The van der Waals surface area contributed by atoms with E-state index in [0.717, 1.165) is 12.0 Å². The second-order valence-electron chi connectivity index (χ2n) is 20.1. The molecule has 1 amide bonds. The highest BCUT2D eigenvalue weighted by Crippen LogP contribution is 2.38. The van der Waals surface area contributed by atoms with E-state index in [4.69, 9.17) is 29.3 Å². The maximum atomic E-state index is 14.4. The normalized spacial score (nSPS) is 39.1. The minimum Gasteiger partial charge on any atom is -0.461 e. The van der Waals surface area contributed by atoms with Crippen LogP contribution in [0.15, 0.2) is 58.4 Å². The van der Waals surface area contributed by atoms with Crippen LogP contribution in [0.4, 0.5) is 5.82 Å². The van der Waals surface area contributed by atoms with Crippen LogP contribution in [0, 0.1) is 29.6 Å². The topological polar surface area (TPSA) is 246 Å². The highest BCUT2D eigenvalue weighted by molar-refractivity contribution is 6.39. The molecule has 3 aliphatic heterocycles. The molecular weight excluding hydrogens is 875 g/mol. The number of cyclic esters (lactones) is 1. The number of nitrogens with one attached hydrogen (secondary N) is 1. The maximum Gasteiger partial charge on any atom is 0.329 e. The van der Waals surface area contributed by atoms with E-state index in [0.29, 0.717) is 82.0 Å². The van der Waals surface area contributed by atoms with Gasteiger partial charge in [-0.25, -0.2) is 9.42 Å². The van der Waals surface area contributed by atoms with Crippen LogP contribution in [0.25, 0.3) is 0 Å². The smallest absolute Gasteiger partial charge is 0.329 e. The predicted octanol–water partition coefficient (Wildman–Crippen LogP) is 5.54. The summed E-state index contributed by atoms with van der Waals surface area (Å²) in [7, 11) is 3.00. The third-order valence-corrected chi connectivity index (χ3v) is 14.8. The number of aromatic nitrogens is 2. The van der Waals surface area contributed by atoms with E-state index in [9.17, 15) is 34.5 Å². The largest absolute Gasteiger partial charge is 0.461 e. The Morgan fingerprint density at radius 3 is 2.40 bits per heavy atom. The summed E-state index contributed by atoms with van der Waals surface area (Å²) in [6.07, 6.45) is 14.8. The quantitative estimate of drug-likeness (QED) is 0.128. The molecule has 17 nitrogen and oxygen atoms in total. The number of carbonyl (C=O) groups is 4. The molecule has 4 aliphatic rings. The Balaban J connectivity index is 1.46. The summed E-state index contributed by atoms with van der Waals surface area (Å²) < 4.78 is 28.7. The van der Waals surface area contributed by atoms with Crippen molar-refractivity contribution in [3.63, 3.8) is 0 Å². The number of nitrogens with zero attached hydrogens (tertiary/aromatic N) is 3. The Hall–Kier alpha value is -4.10. The lowest BCUT2D eigenvalue weighted by Crippen LogP contribution is -2.61. The summed E-state index contributed by atoms with van der Waals surface area (Å²) in [5.41, 5.74) is 8.03. The van der Waals surface area contributed by atoms with E-state index in [1.54, 1.807) is 27.0 Å². The first-order chi connectivity index (χ1) is 32.4. The molecule has 5 rings (SSSR count). The zero-order valence-corrected chi connectivity index (χ0v) is 41.5. The number of fused-ring (bicyclic) bond motifs is 3. The fourth-order valence-electron chi connectivity index (χ4n) is 10.5. The Kier molecular flexibility index (Phi) is 20.7. The summed E-state index contributed by atoms with van der Waals surface area (Å²) in [6, 6.07) is -2.07. The van der Waals surface area contributed by atoms with Crippen LogP contribution in [0.1, 0.15) is 125 Å². The molecule has 1 aromatic rings. The van der Waals surface area contributed by atoms with Gasteiger partial charge in [-0.2, -0.15) is 0 Å². The molecule has 6 N–H and O–H groups in total. The summed E-state index contributed by atoms with van der Waals surface area (Å²) in [4.78, 5) is 58.1. The second-order valence-corrected chi connectivity index (χ2v) is 20.1. The number of aliphatic hydroxyl groups excluding tert-OH is 2. The second kappa shape index (κ2) is 25.7. The zero-order valence-electron chi connectivity index (χ0n) is 41.5. The number of amides is 1. The van der Waals surface area contributed by atoms with Gasteiger partial charge in [0.05, 0.1) is 24.4 Å². The van der Waals surface area contributed by atoms with Gasteiger partial charge in [0, 0.05) is 38.6 Å². The molecule has 1 aromatic heterocycles. The number of aliphatic hydroxyl groups is 3. The summed E-state index contributed by atoms with van der Waals surface area (Å²) in [6.45, 7) is 11.3. The molecule has 0 aromatic carbocycles. The first-order valence-electron chi connectivity index (χ1n) is 24.8. The zero-order chi connectivity index (χ0) is 49.7. The minimum absolute atomic E-state index is 0.0176. The molecule has 0 spiro atoms. The van der Waals surface area contributed by atoms with Crippen molar-refractivity contribution in [3.05, 3.63) is 53.8 Å². The number of rotatable bonds is 7. The number of ether oxygens (including phenoxy) is 4. The number of Topliss-reactive ketones (excluding diaryl/α,β-unsaturated/α-hetero) is 2. The molecule has 1 aliphatic carbocycles. The fourth-order valence-corrected chi connectivity index (χ4v) is 10.5. The lowest BCUT2D eigenvalue weighted by atomic mass is 9.78. The minimum atomic E-state index is -2.45. The number of allylic oxidation sites excluding steroid dienone is 5. The fraction of sp³-hybridized carbons (Fsp3) is 0.725. The number of nitrogens with two attached hydrogens (primary N) is 1. The number of piperidine rings is 1. The average Bonchev–Trinajstić information content (AvgIpc) is 3.84. The highest BCUT2D eigenvalue weighted by Gasteiger charge is 2.53. The molecule has 17 heteroatoms. The first-order valence-corrected chi connectivity index (χ1v) is 24.8.